The molecule has 0 amide bonds. The van der Waals surface area contributed by atoms with E-state index in [4.69, 9.17) is 0 Å². The molecule has 2 unspecified atom stereocenters. The van der Waals surface area contributed by atoms with Crippen molar-refractivity contribution in [1.82, 2.24) is 10.2 Å². The Kier molecular flexibility index (Phi) is 3.56. The molecular weight excluding hydrogens is 203 g/mol. The number of hydrogen-bond donors (Lipinski definition) is 1. The normalized spacial score (nSPS) is 26.9. The predicted octanol–water partition coefficient (Wildman–Crippen LogP) is 2.01. The molecule has 2 atom stereocenters. The van der Waals surface area contributed by atoms with E-state index in [0.29, 0.717) is 18.6 Å². The first-order chi connectivity index (χ1) is 7.68. The molecule has 1 aromatic rings. The fraction of sp³-hybridized carbons (Fsp3) is 0.538. The molecule has 0 aromatic heterocycles. The van der Waals surface area contributed by atoms with Gasteiger partial charge in [0.1, 0.15) is 5.82 Å². The van der Waals surface area contributed by atoms with Crippen LogP contribution in [0.4, 0.5) is 4.39 Å². The molecule has 0 aliphatic carbocycles. The quantitative estimate of drug-likeness (QED) is 0.823. The molecule has 1 fully saturated rings. The van der Waals surface area contributed by atoms with Crippen LogP contribution >= 0.6 is 0 Å². The summed E-state index contributed by atoms with van der Waals surface area (Å²) < 4.78 is 13.6. The van der Waals surface area contributed by atoms with Crippen molar-refractivity contribution in [2.24, 2.45) is 0 Å². The third kappa shape index (κ3) is 2.42. The highest BCUT2D eigenvalue weighted by Crippen LogP contribution is 2.16. The van der Waals surface area contributed by atoms with Gasteiger partial charge in [-0.05, 0) is 19.9 Å². The minimum absolute atomic E-state index is 0.0968. The minimum Gasteiger partial charge on any atom is -0.314 e. The van der Waals surface area contributed by atoms with Crippen LogP contribution in [-0.4, -0.2) is 30.1 Å². The fourth-order valence-electron chi connectivity index (χ4n) is 2.31. The van der Waals surface area contributed by atoms with Gasteiger partial charge in [-0.2, -0.15) is 0 Å². The Balaban J connectivity index is 2.11. The zero-order valence-electron chi connectivity index (χ0n) is 9.91. The SMILES string of the molecule is CC1CNCC(C)N1Cc1ccccc1F. The second-order valence-corrected chi connectivity index (χ2v) is 4.62. The molecule has 88 valence electrons. The van der Waals surface area contributed by atoms with Gasteiger partial charge in [0.25, 0.3) is 0 Å². The van der Waals surface area contributed by atoms with E-state index in [1.54, 1.807) is 6.07 Å². The Bertz CT molecular complexity index is 344. The van der Waals surface area contributed by atoms with Crippen molar-refractivity contribution in [3.8, 4) is 0 Å². The molecule has 2 rings (SSSR count). The van der Waals surface area contributed by atoms with Crippen LogP contribution in [0.15, 0.2) is 24.3 Å². The lowest BCUT2D eigenvalue weighted by Gasteiger charge is -2.39. The lowest BCUT2D eigenvalue weighted by atomic mass is 10.1. The summed E-state index contributed by atoms with van der Waals surface area (Å²) in [4.78, 5) is 2.36. The third-order valence-electron chi connectivity index (χ3n) is 3.32. The number of nitrogens with zero attached hydrogens (tertiary/aromatic N) is 1. The van der Waals surface area contributed by atoms with Gasteiger partial charge in [0.05, 0.1) is 0 Å². The molecule has 1 N–H and O–H groups in total. The first-order valence-corrected chi connectivity index (χ1v) is 5.88. The van der Waals surface area contributed by atoms with Crippen LogP contribution in [0.1, 0.15) is 19.4 Å². The maximum atomic E-state index is 13.6. The average Bonchev–Trinajstić information content (AvgIpc) is 2.26. The molecule has 0 saturated carbocycles. The highest BCUT2D eigenvalue weighted by atomic mass is 19.1. The van der Waals surface area contributed by atoms with Crippen LogP contribution in [-0.2, 0) is 6.54 Å². The van der Waals surface area contributed by atoms with Crippen LogP contribution in [0.2, 0.25) is 0 Å². The summed E-state index contributed by atoms with van der Waals surface area (Å²) in [6, 6.07) is 7.97. The van der Waals surface area contributed by atoms with E-state index >= 15 is 0 Å². The monoisotopic (exact) mass is 222 g/mol. The lowest BCUT2D eigenvalue weighted by molar-refractivity contribution is 0.107. The molecule has 0 radical (unpaired) electrons. The molecule has 0 spiro atoms. The van der Waals surface area contributed by atoms with Gasteiger partial charge >= 0.3 is 0 Å². The summed E-state index contributed by atoms with van der Waals surface area (Å²) in [5, 5.41) is 3.38. The number of rotatable bonds is 2. The Morgan fingerprint density at radius 1 is 1.25 bits per heavy atom. The molecule has 1 saturated heterocycles. The van der Waals surface area contributed by atoms with Crippen molar-refractivity contribution < 1.29 is 4.39 Å². The fourth-order valence-corrected chi connectivity index (χ4v) is 2.31. The van der Waals surface area contributed by atoms with E-state index in [1.807, 2.05) is 12.1 Å². The van der Waals surface area contributed by atoms with E-state index in [0.717, 1.165) is 18.7 Å². The largest absolute Gasteiger partial charge is 0.314 e. The van der Waals surface area contributed by atoms with Gasteiger partial charge in [-0.1, -0.05) is 18.2 Å². The second kappa shape index (κ2) is 4.93. The third-order valence-corrected chi connectivity index (χ3v) is 3.32. The maximum absolute atomic E-state index is 13.6. The van der Waals surface area contributed by atoms with Crippen molar-refractivity contribution in [3.05, 3.63) is 35.6 Å². The van der Waals surface area contributed by atoms with Gasteiger partial charge in [0.15, 0.2) is 0 Å². The second-order valence-electron chi connectivity index (χ2n) is 4.62. The molecule has 1 aliphatic heterocycles. The van der Waals surface area contributed by atoms with Gasteiger partial charge in [0.2, 0.25) is 0 Å². The number of hydrogen-bond acceptors (Lipinski definition) is 2. The number of nitrogens with one attached hydrogen (secondary N) is 1. The van der Waals surface area contributed by atoms with Gasteiger partial charge in [-0.25, -0.2) is 4.39 Å². The van der Waals surface area contributed by atoms with Crippen molar-refractivity contribution >= 4 is 0 Å². The molecular formula is C13H19FN2. The average molecular weight is 222 g/mol. The molecule has 16 heavy (non-hydrogen) atoms. The van der Waals surface area contributed by atoms with E-state index in [1.165, 1.54) is 6.07 Å². The highest BCUT2D eigenvalue weighted by Gasteiger charge is 2.24. The summed E-state index contributed by atoms with van der Waals surface area (Å²) in [6.07, 6.45) is 0. The van der Waals surface area contributed by atoms with Gasteiger partial charge in [-0.3, -0.25) is 4.90 Å². The zero-order chi connectivity index (χ0) is 11.5. The van der Waals surface area contributed by atoms with Crippen LogP contribution in [0.25, 0.3) is 0 Å². The van der Waals surface area contributed by atoms with Gasteiger partial charge in [0, 0.05) is 37.3 Å². The minimum atomic E-state index is -0.0968. The van der Waals surface area contributed by atoms with Gasteiger partial charge in [-0.15, -0.1) is 0 Å². The standard InChI is InChI=1S/C13H19FN2/c1-10-7-15-8-11(2)16(10)9-12-5-3-4-6-13(12)14/h3-6,10-11,15H,7-9H2,1-2H3. The van der Waals surface area contributed by atoms with E-state index < -0.39 is 0 Å². The topological polar surface area (TPSA) is 15.3 Å². The predicted molar refractivity (Wildman–Crippen MR) is 63.7 cm³/mol. The molecule has 1 aromatic carbocycles. The summed E-state index contributed by atoms with van der Waals surface area (Å²) in [6.45, 7) is 7.04. The van der Waals surface area contributed by atoms with Crippen molar-refractivity contribution in [1.29, 1.82) is 0 Å². The molecule has 1 heterocycles. The molecule has 1 aliphatic rings. The van der Waals surface area contributed by atoms with Crippen LogP contribution in [0.5, 0.6) is 0 Å². The van der Waals surface area contributed by atoms with E-state index in [2.05, 4.69) is 24.1 Å². The maximum Gasteiger partial charge on any atom is 0.127 e. The van der Waals surface area contributed by atoms with E-state index in [9.17, 15) is 4.39 Å². The number of benzene rings is 1. The molecule has 3 heteroatoms. The Labute approximate surface area is 96.5 Å². The lowest BCUT2D eigenvalue weighted by Crippen LogP contribution is -2.54. The number of piperazine rings is 1. The van der Waals surface area contributed by atoms with Gasteiger partial charge < -0.3 is 5.32 Å². The zero-order valence-corrected chi connectivity index (χ0v) is 9.91. The van der Waals surface area contributed by atoms with Crippen LogP contribution in [0, 0.1) is 5.82 Å². The molecule has 2 nitrogen and oxygen atoms in total. The summed E-state index contributed by atoms with van der Waals surface area (Å²) in [5.41, 5.74) is 0.795. The summed E-state index contributed by atoms with van der Waals surface area (Å²) >= 11 is 0. The first-order valence-electron chi connectivity index (χ1n) is 5.88. The Hall–Kier alpha value is -0.930. The Morgan fingerprint density at radius 2 is 1.88 bits per heavy atom. The summed E-state index contributed by atoms with van der Waals surface area (Å²) in [5.74, 6) is -0.0968. The van der Waals surface area contributed by atoms with Crippen LogP contribution in [0.3, 0.4) is 0 Å². The first kappa shape index (κ1) is 11.6. The van der Waals surface area contributed by atoms with Crippen molar-refractivity contribution in [2.45, 2.75) is 32.5 Å². The van der Waals surface area contributed by atoms with Crippen LogP contribution < -0.4 is 5.32 Å². The Morgan fingerprint density at radius 3 is 2.50 bits per heavy atom. The van der Waals surface area contributed by atoms with E-state index in [-0.39, 0.29) is 5.82 Å². The smallest absolute Gasteiger partial charge is 0.127 e. The van der Waals surface area contributed by atoms with Crippen molar-refractivity contribution in [3.63, 3.8) is 0 Å². The number of halogens is 1. The summed E-state index contributed by atoms with van der Waals surface area (Å²) in [7, 11) is 0. The highest BCUT2D eigenvalue weighted by molar-refractivity contribution is 5.17. The molecule has 0 bridgehead atoms. The van der Waals surface area contributed by atoms with Crippen molar-refractivity contribution in [2.75, 3.05) is 13.1 Å².